The number of para-hydroxylation sites is 1. The topological polar surface area (TPSA) is 111 Å². The summed E-state index contributed by atoms with van der Waals surface area (Å²) < 4.78 is 52.6. The molecule has 2 atom stereocenters. The SMILES string of the molecule is Cn1cnc(S(=O)(=O)C2c3cccc(O)c3NC3=C(C(=O)CC(C)(C)C3)C2c2ccc(OCc3ccccc3)cc2F)c1. The molecule has 4 aromatic rings. The quantitative estimate of drug-likeness (QED) is 0.253. The number of nitrogens with zero attached hydrogens (tertiary/aromatic N) is 2. The van der Waals surface area contributed by atoms with Crippen LogP contribution in [-0.2, 0) is 28.3 Å². The van der Waals surface area contributed by atoms with E-state index in [0.717, 1.165) is 5.56 Å². The number of aromatic nitrogens is 2. The second-order valence-corrected chi connectivity index (χ2v) is 14.0. The van der Waals surface area contributed by atoms with Crippen LogP contribution in [0.3, 0.4) is 0 Å². The molecule has 10 heteroatoms. The smallest absolute Gasteiger partial charge is 0.205 e. The number of aryl methyl sites for hydroxylation is 1. The monoisotopic (exact) mass is 601 g/mol. The number of rotatable bonds is 6. The number of anilines is 1. The maximum Gasteiger partial charge on any atom is 0.205 e. The Labute approximate surface area is 249 Å². The Balaban J connectivity index is 1.56. The lowest BCUT2D eigenvalue weighted by molar-refractivity contribution is -0.118. The van der Waals surface area contributed by atoms with E-state index in [-0.39, 0.29) is 57.7 Å². The lowest BCUT2D eigenvalue weighted by Crippen LogP contribution is -2.32. The fourth-order valence-corrected chi connectivity index (χ4v) is 8.08. The zero-order chi connectivity index (χ0) is 30.5. The second kappa shape index (κ2) is 10.7. The molecule has 0 radical (unpaired) electrons. The van der Waals surface area contributed by atoms with E-state index >= 15 is 4.39 Å². The van der Waals surface area contributed by atoms with Crippen molar-refractivity contribution in [2.24, 2.45) is 12.5 Å². The first-order valence-corrected chi connectivity index (χ1v) is 15.5. The number of halogens is 1. The van der Waals surface area contributed by atoms with Gasteiger partial charge in [0.05, 0.1) is 12.0 Å². The number of nitrogens with one attached hydrogen (secondary N) is 1. The van der Waals surface area contributed by atoms with Crippen molar-refractivity contribution in [1.82, 2.24) is 9.55 Å². The van der Waals surface area contributed by atoms with Crippen LogP contribution in [0.2, 0.25) is 0 Å². The third kappa shape index (κ3) is 5.31. The number of Topliss-reactive ketones (excluding diaryl/α,β-unsaturated/α-hetero) is 1. The van der Waals surface area contributed by atoms with E-state index in [0.29, 0.717) is 12.1 Å². The van der Waals surface area contributed by atoms with Gasteiger partial charge in [-0.1, -0.05) is 62.4 Å². The van der Waals surface area contributed by atoms with Crippen molar-refractivity contribution in [3.05, 3.63) is 113 Å². The van der Waals surface area contributed by atoms with Gasteiger partial charge in [-0.15, -0.1) is 0 Å². The highest BCUT2D eigenvalue weighted by Gasteiger charge is 2.49. The highest BCUT2D eigenvalue weighted by Crippen LogP contribution is 2.55. The Morgan fingerprint density at radius 1 is 1.07 bits per heavy atom. The van der Waals surface area contributed by atoms with Crippen LogP contribution < -0.4 is 10.1 Å². The molecule has 0 spiro atoms. The van der Waals surface area contributed by atoms with Gasteiger partial charge in [-0.05, 0) is 40.7 Å². The summed E-state index contributed by atoms with van der Waals surface area (Å²) in [4.78, 5) is 18.1. The maximum absolute atomic E-state index is 16.3. The summed E-state index contributed by atoms with van der Waals surface area (Å²) in [6, 6.07) is 18.3. The van der Waals surface area contributed by atoms with Gasteiger partial charge < -0.3 is 19.7 Å². The minimum atomic E-state index is -4.34. The summed E-state index contributed by atoms with van der Waals surface area (Å²) >= 11 is 0. The van der Waals surface area contributed by atoms with Crippen LogP contribution >= 0.6 is 0 Å². The zero-order valence-corrected chi connectivity index (χ0v) is 24.9. The van der Waals surface area contributed by atoms with Crippen molar-refractivity contribution < 1.29 is 27.4 Å². The largest absolute Gasteiger partial charge is 0.506 e. The van der Waals surface area contributed by atoms with Gasteiger partial charge in [0, 0.05) is 42.9 Å². The molecule has 6 rings (SSSR count). The molecule has 2 N–H and O–H groups in total. The number of fused-ring (bicyclic) bond motifs is 1. The molecule has 2 aliphatic rings. The number of carbonyl (C=O) groups is 1. The predicted molar refractivity (Wildman–Crippen MR) is 160 cm³/mol. The summed E-state index contributed by atoms with van der Waals surface area (Å²) in [6.07, 6.45) is 3.31. The molecule has 0 fully saturated rings. The number of allylic oxidation sites excluding steroid dienone is 2. The molecule has 3 aromatic carbocycles. The molecule has 0 bridgehead atoms. The third-order valence-corrected chi connectivity index (χ3v) is 10.0. The average Bonchev–Trinajstić information content (AvgIpc) is 3.33. The average molecular weight is 602 g/mol. The van der Waals surface area contributed by atoms with Crippen molar-refractivity contribution in [2.45, 2.75) is 49.5 Å². The molecule has 1 aliphatic carbocycles. The van der Waals surface area contributed by atoms with E-state index in [9.17, 15) is 18.3 Å². The van der Waals surface area contributed by atoms with Gasteiger partial charge in [0.15, 0.2) is 10.8 Å². The Kier molecular flexibility index (Phi) is 7.12. The lowest BCUT2D eigenvalue weighted by atomic mass is 9.71. The number of hydrogen-bond donors (Lipinski definition) is 2. The highest BCUT2D eigenvalue weighted by molar-refractivity contribution is 7.91. The molecule has 1 aromatic heterocycles. The number of imidazole rings is 1. The van der Waals surface area contributed by atoms with Gasteiger partial charge in [-0.25, -0.2) is 17.8 Å². The first-order valence-electron chi connectivity index (χ1n) is 14.0. The number of phenolic OH excluding ortho intramolecular Hbond substituents is 1. The number of hydrogen-bond acceptors (Lipinski definition) is 7. The Morgan fingerprint density at radius 3 is 2.53 bits per heavy atom. The molecule has 2 unspecified atom stereocenters. The Morgan fingerprint density at radius 2 is 1.84 bits per heavy atom. The Hall–Kier alpha value is -4.44. The van der Waals surface area contributed by atoms with E-state index < -0.39 is 32.2 Å². The van der Waals surface area contributed by atoms with Crippen LogP contribution in [0.25, 0.3) is 0 Å². The molecular formula is C33H32FN3O5S. The minimum absolute atomic E-state index is 0.0371. The molecule has 222 valence electrons. The van der Waals surface area contributed by atoms with E-state index in [1.54, 1.807) is 25.2 Å². The molecule has 43 heavy (non-hydrogen) atoms. The van der Waals surface area contributed by atoms with Crippen LogP contribution in [0.4, 0.5) is 10.1 Å². The van der Waals surface area contributed by atoms with Gasteiger partial charge in [0.25, 0.3) is 0 Å². The minimum Gasteiger partial charge on any atom is -0.506 e. The normalized spacial score (nSPS) is 19.7. The number of ether oxygens (including phenoxy) is 1. The Bertz CT molecular complexity index is 1860. The predicted octanol–water partition coefficient (Wildman–Crippen LogP) is 6.21. The van der Waals surface area contributed by atoms with E-state index in [1.165, 1.54) is 35.3 Å². The first-order chi connectivity index (χ1) is 20.4. The molecule has 0 saturated carbocycles. The van der Waals surface area contributed by atoms with Crippen molar-refractivity contribution >= 4 is 21.3 Å². The number of phenols is 1. The zero-order valence-electron chi connectivity index (χ0n) is 24.0. The standard InChI is InChI=1S/C33H32FN3O5S/c1-33(2)15-25-30(27(39)16-33)29(22-13-12-21(14-24(22)34)42-18-20-8-5-4-6-9-20)32(23-10-7-11-26(38)31(23)36-25)43(40,41)28-17-37(3)19-35-28/h4-14,17,19,29,32,36,38H,15-16,18H2,1-3H3. The van der Waals surface area contributed by atoms with E-state index in [4.69, 9.17) is 4.74 Å². The van der Waals surface area contributed by atoms with Gasteiger partial charge in [0.2, 0.25) is 9.84 Å². The molecule has 1 aliphatic heterocycles. The van der Waals surface area contributed by atoms with Crippen LogP contribution in [0, 0.1) is 11.2 Å². The van der Waals surface area contributed by atoms with Gasteiger partial charge in [0.1, 0.15) is 29.2 Å². The van der Waals surface area contributed by atoms with E-state index in [1.807, 2.05) is 44.2 Å². The first kappa shape index (κ1) is 28.7. The van der Waals surface area contributed by atoms with Gasteiger partial charge in [-0.2, -0.15) is 0 Å². The van der Waals surface area contributed by atoms with Crippen molar-refractivity contribution in [2.75, 3.05) is 5.32 Å². The maximum atomic E-state index is 16.3. The van der Waals surface area contributed by atoms with Crippen LogP contribution in [0.5, 0.6) is 11.5 Å². The van der Waals surface area contributed by atoms with Gasteiger partial charge in [-0.3, -0.25) is 4.79 Å². The number of ketones is 1. The lowest BCUT2D eigenvalue weighted by Gasteiger charge is -2.35. The van der Waals surface area contributed by atoms with E-state index in [2.05, 4.69) is 10.3 Å². The third-order valence-electron chi connectivity index (χ3n) is 8.05. The summed E-state index contributed by atoms with van der Waals surface area (Å²) in [7, 11) is -2.68. The van der Waals surface area contributed by atoms with Crippen LogP contribution in [0.15, 0.2) is 95.6 Å². The summed E-state index contributed by atoms with van der Waals surface area (Å²) in [5, 5.41) is 12.5. The second-order valence-electron chi connectivity index (χ2n) is 12.0. The fourth-order valence-electron chi connectivity index (χ4n) is 6.14. The van der Waals surface area contributed by atoms with Crippen molar-refractivity contribution in [1.29, 1.82) is 0 Å². The summed E-state index contributed by atoms with van der Waals surface area (Å²) in [6.45, 7) is 4.12. The molecule has 0 saturated heterocycles. The summed E-state index contributed by atoms with van der Waals surface area (Å²) in [5.74, 6) is -2.12. The summed E-state index contributed by atoms with van der Waals surface area (Å²) in [5.41, 5.74) is 1.56. The molecule has 8 nitrogen and oxygen atoms in total. The van der Waals surface area contributed by atoms with Crippen molar-refractivity contribution in [3.8, 4) is 11.5 Å². The molecular weight excluding hydrogens is 569 g/mol. The number of benzene rings is 3. The van der Waals surface area contributed by atoms with Gasteiger partial charge >= 0.3 is 0 Å². The molecule has 2 heterocycles. The van der Waals surface area contributed by atoms with Crippen molar-refractivity contribution in [3.63, 3.8) is 0 Å². The van der Waals surface area contributed by atoms with Crippen LogP contribution in [-0.4, -0.2) is 28.9 Å². The fraction of sp³-hybridized carbons (Fsp3) is 0.273. The highest BCUT2D eigenvalue weighted by atomic mass is 32.2. The van der Waals surface area contributed by atoms with Crippen LogP contribution in [0.1, 0.15) is 54.5 Å². The number of sulfone groups is 1. The molecule has 0 amide bonds. The number of aromatic hydroxyl groups is 1. The number of carbonyl (C=O) groups excluding carboxylic acids is 1.